The summed E-state index contributed by atoms with van der Waals surface area (Å²) >= 11 is 6.02. The number of carbonyl (C=O) groups is 1. The number of hydrogen-bond donors (Lipinski definition) is 2. The first-order valence-electron chi connectivity index (χ1n) is 12.6. The number of pyridine rings is 1. The van der Waals surface area contributed by atoms with Gasteiger partial charge in [0.05, 0.1) is 24.1 Å². The van der Waals surface area contributed by atoms with E-state index in [0.717, 1.165) is 17.2 Å². The summed E-state index contributed by atoms with van der Waals surface area (Å²) in [4.78, 5) is 28.6. The maximum absolute atomic E-state index is 15.7. The number of aromatic nitrogens is 1. The number of amides is 1. The number of rotatable bonds is 7. The predicted octanol–water partition coefficient (Wildman–Crippen LogP) is 4.76. The smallest absolute Gasteiger partial charge is 0.257 e. The molecule has 204 valence electrons. The molecule has 1 unspecified atom stereocenters. The molecular formula is C28H33ClF2N4O3. The molecule has 0 saturated carbocycles. The first kappa shape index (κ1) is 27.9. The van der Waals surface area contributed by atoms with Crippen LogP contribution in [0.3, 0.4) is 0 Å². The van der Waals surface area contributed by atoms with Gasteiger partial charge < -0.3 is 24.8 Å². The van der Waals surface area contributed by atoms with Crippen molar-refractivity contribution < 1.29 is 18.3 Å². The van der Waals surface area contributed by atoms with E-state index in [1.807, 2.05) is 25.7 Å². The van der Waals surface area contributed by atoms with Crippen molar-refractivity contribution in [3.63, 3.8) is 0 Å². The molecule has 1 saturated heterocycles. The van der Waals surface area contributed by atoms with Crippen LogP contribution in [0.1, 0.15) is 48.3 Å². The van der Waals surface area contributed by atoms with Crippen LogP contribution in [0.15, 0.2) is 35.3 Å². The number of hydrogen-bond acceptors (Lipinski definition) is 5. The summed E-state index contributed by atoms with van der Waals surface area (Å²) in [5.74, 6) is -1.14. The number of anilines is 1. The lowest BCUT2D eigenvalue weighted by Crippen LogP contribution is -2.54. The molecule has 0 aliphatic carbocycles. The van der Waals surface area contributed by atoms with Gasteiger partial charge in [0.15, 0.2) is 11.6 Å². The topological polar surface area (TPSA) is 75.6 Å². The van der Waals surface area contributed by atoms with Crippen LogP contribution in [0.25, 0.3) is 10.9 Å². The molecule has 1 amide bonds. The van der Waals surface area contributed by atoms with Gasteiger partial charge in [-0.05, 0) is 57.0 Å². The summed E-state index contributed by atoms with van der Waals surface area (Å²) in [6.45, 7) is 7.95. The summed E-state index contributed by atoms with van der Waals surface area (Å²) < 4.78 is 36.9. The minimum Gasteiger partial charge on any atom is -0.492 e. The maximum atomic E-state index is 15.7. The number of methoxy groups -OCH3 is 1. The highest BCUT2D eigenvalue weighted by Crippen LogP contribution is 2.39. The highest BCUT2D eigenvalue weighted by Gasteiger charge is 2.30. The van der Waals surface area contributed by atoms with Gasteiger partial charge in [0.2, 0.25) is 5.43 Å². The van der Waals surface area contributed by atoms with Crippen molar-refractivity contribution in [2.24, 2.45) is 0 Å². The second-order valence-electron chi connectivity index (χ2n) is 10.0. The lowest BCUT2D eigenvalue weighted by atomic mass is 10.0. The standard InChI is InChI=1S/C28H33ClF2N4O3/c1-15-8-20(29)7-6-19(15)11-32-28(37)22-14-35(18(4)10-30)24-21(26(22)36)9-23(31)25(27(24)38-5)34-12-16(2)33-17(3)13-34/h6-9,14,16-18,33H,10-13H2,1-5H3,(H,32,37)/t16-,17+,18?. The van der Waals surface area contributed by atoms with E-state index in [1.54, 1.807) is 25.1 Å². The number of alkyl halides is 1. The summed E-state index contributed by atoms with van der Waals surface area (Å²) in [6.07, 6.45) is 1.34. The number of benzene rings is 2. The van der Waals surface area contributed by atoms with Crippen molar-refractivity contribution in [3.8, 4) is 5.75 Å². The average Bonchev–Trinajstić information content (AvgIpc) is 2.86. The number of fused-ring (bicyclic) bond motifs is 1. The summed E-state index contributed by atoms with van der Waals surface area (Å²) in [5.41, 5.74) is 1.33. The molecule has 10 heteroatoms. The van der Waals surface area contributed by atoms with E-state index in [1.165, 1.54) is 17.9 Å². The van der Waals surface area contributed by atoms with E-state index in [0.29, 0.717) is 18.1 Å². The summed E-state index contributed by atoms with van der Waals surface area (Å²) in [7, 11) is 1.40. The number of nitrogens with one attached hydrogen (secondary N) is 2. The summed E-state index contributed by atoms with van der Waals surface area (Å²) in [6, 6.07) is 5.88. The minimum absolute atomic E-state index is 0.0463. The van der Waals surface area contributed by atoms with E-state index in [4.69, 9.17) is 16.3 Å². The third-order valence-corrected chi connectivity index (χ3v) is 7.20. The molecule has 2 N–H and O–H groups in total. The largest absolute Gasteiger partial charge is 0.492 e. The number of halogens is 3. The molecule has 2 heterocycles. The van der Waals surface area contributed by atoms with Crippen LogP contribution in [-0.4, -0.2) is 49.4 Å². The van der Waals surface area contributed by atoms with Gasteiger partial charge in [-0.2, -0.15) is 0 Å². The highest BCUT2D eigenvalue weighted by molar-refractivity contribution is 6.30. The highest BCUT2D eigenvalue weighted by atomic mass is 35.5. The molecule has 1 aliphatic rings. The fourth-order valence-corrected chi connectivity index (χ4v) is 5.38. The molecule has 2 aromatic carbocycles. The Balaban J connectivity index is 1.84. The van der Waals surface area contributed by atoms with Crippen LogP contribution in [-0.2, 0) is 6.54 Å². The number of nitrogens with zero attached hydrogens (tertiary/aromatic N) is 2. The van der Waals surface area contributed by atoms with Crippen LogP contribution < -0.4 is 25.7 Å². The SMILES string of the molecule is COc1c(N2C[C@@H](C)N[C@@H](C)C2)c(F)cc2c(=O)c(C(=O)NCc3ccc(Cl)cc3C)cn(C(C)CF)c12. The molecule has 1 fully saturated rings. The zero-order chi connectivity index (χ0) is 27.7. The van der Waals surface area contributed by atoms with Crippen LogP contribution >= 0.6 is 11.6 Å². The molecule has 0 radical (unpaired) electrons. The number of ether oxygens (including phenoxy) is 1. The number of aryl methyl sites for hydroxylation is 1. The Bertz CT molecular complexity index is 1420. The first-order valence-corrected chi connectivity index (χ1v) is 13.0. The fraction of sp³-hybridized carbons (Fsp3) is 0.429. The van der Waals surface area contributed by atoms with Crippen molar-refractivity contribution in [1.82, 2.24) is 15.2 Å². The van der Waals surface area contributed by atoms with Crippen molar-refractivity contribution in [2.45, 2.75) is 52.4 Å². The number of piperazine rings is 1. The molecule has 38 heavy (non-hydrogen) atoms. The fourth-order valence-electron chi connectivity index (χ4n) is 5.15. The van der Waals surface area contributed by atoms with Crippen molar-refractivity contribution >= 4 is 34.1 Å². The van der Waals surface area contributed by atoms with Gasteiger partial charge in [0.25, 0.3) is 5.91 Å². The van der Waals surface area contributed by atoms with Gasteiger partial charge in [-0.25, -0.2) is 8.78 Å². The molecule has 3 atom stereocenters. The van der Waals surface area contributed by atoms with E-state index in [9.17, 15) is 14.0 Å². The lowest BCUT2D eigenvalue weighted by Gasteiger charge is -2.38. The van der Waals surface area contributed by atoms with Crippen molar-refractivity contribution in [3.05, 3.63) is 68.2 Å². The van der Waals surface area contributed by atoms with Gasteiger partial charge in [0, 0.05) is 42.9 Å². The Morgan fingerprint density at radius 1 is 1.26 bits per heavy atom. The van der Waals surface area contributed by atoms with Crippen molar-refractivity contribution in [1.29, 1.82) is 0 Å². The Morgan fingerprint density at radius 3 is 2.55 bits per heavy atom. The normalized spacial score (nSPS) is 18.5. The molecule has 4 rings (SSSR count). The van der Waals surface area contributed by atoms with Crippen LogP contribution in [0, 0.1) is 12.7 Å². The van der Waals surface area contributed by atoms with Gasteiger partial charge in [0.1, 0.15) is 17.9 Å². The van der Waals surface area contributed by atoms with E-state index in [-0.39, 0.29) is 46.5 Å². The van der Waals surface area contributed by atoms with Gasteiger partial charge in [-0.15, -0.1) is 0 Å². The lowest BCUT2D eigenvalue weighted by molar-refractivity contribution is 0.0949. The van der Waals surface area contributed by atoms with Gasteiger partial charge in [-0.1, -0.05) is 17.7 Å². The number of carbonyl (C=O) groups excluding carboxylic acids is 1. The molecule has 0 bridgehead atoms. The molecule has 3 aromatic rings. The molecular weight excluding hydrogens is 514 g/mol. The Hall–Kier alpha value is -3.17. The summed E-state index contributed by atoms with van der Waals surface area (Å²) in [5, 5.41) is 6.69. The molecule has 1 aliphatic heterocycles. The molecule has 1 aromatic heterocycles. The Kier molecular flexibility index (Phi) is 8.28. The zero-order valence-electron chi connectivity index (χ0n) is 22.2. The van der Waals surface area contributed by atoms with Crippen LogP contribution in [0.2, 0.25) is 5.02 Å². The second kappa shape index (κ2) is 11.3. The van der Waals surface area contributed by atoms with Gasteiger partial charge in [-0.3, -0.25) is 9.59 Å². The average molecular weight is 547 g/mol. The third kappa shape index (κ3) is 5.35. The van der Waals surface area contributed by atoms with Crippen molar-refractivity contribution in [2.75, 3.05) is 31.8 Å². The van der Waals surface area contributed by atoms with E-state index >= 15 is 4.39 Å². The van der Waals surface area contributed by atoms with Crippen LogP contribution in [0.4, 0.5) is 14.5 Å². The van der Waals surface area contributed by atoms with E-state index in [2.05, 4.69) is 10.6 Å². The zero-order valence-corrected chi connectivity index (χ0v) is 23.0. The predicted molar refractivity (Wildman–Crippen MR) is 147 cm³/mol. The quantitative estimate of drug-likeness (QED) is 0.447. The van der Waals surface area contributed by atoms with Crippen LogP contribution in [0.5, 0.6) is 5.75 Å². The monoisotopic (exact) mass is 546 g/mol. The Morgan fingerprint density at radius 2 is 1.95 bits per heavy atom. The third-order valence-electron chi connectivity index (χ3n) is 6.96. The minimum atomic E-state index is -0.763. The van der Waals surface area contributed by atoms with Gasteiger partial charge >= 0.3 is 0 Å². The first-order chi connectivity index (χ1) is 18.0. The second-order valence-corrected chi connectivity index (χ2v) is 10.5. The molecule has 7 nitrogen and oxygen atoms in total. The van der Waals surface area contributed by atoms with E-state index < -0.39 is 29.9 Å². The Labute approximate surface area is 225 Å². The molecule has 0 spiro atoms. The maximum Gasteiger partial charge on any atom is 0.257 e.